The number of ether oxygens (including phenoxy) is 1. The molecule has 1 N–H and O–H groups in total. The minimum Gasteiger partial charge on any atom is -0.480 e. The lowest BCUT2D eigenvalue weighted by Gasteiger charge is -2.04. The number of pyridine rings is 1. The fourth-order valence-electron chi connectivity index (χ4n) is 1.97. The molecule has 0 aromatic carbocycles. The summed E-state index contributed by atoms with van der Waals surface area (Å²) in [5.41, 5.74) is 1.33. The third kappa shape index (κ3) is 3.00. The van der Waals surface area contributed by atoms with Crippen LogP contribution in [-0.4, -0.2) is 37.8 Å². The number of fused-ring (bicyclic) bond motifs is 1. The number of anilines is 1. The lowest BCUT2D eigenvalue weighted by Crippen LogP contribution is -2.13. The van der Waals surface area contributed by atoms with Gasteiger partial charge in [-0.05, 0) is 18.2 Å². The molecule has 0 spiro atoms. The van der Waals surface area contributed by atoms with Crippen LogP contribution in [0.3, 0.4) is 0 Å². The summed E-state index contributed by atoms with van der Waals surface area (Å²) in [6, 6.07) is 6.94. The minimum absolute atomic E-state index is 0.106. The molecule has 1 amide bonds. The van der Waals surface area contributed by atoms with Gasteiger partial charge in [-0.25, -0.2) is 0 Å². The Morgan fingerprint density at radius 3 is 2.82 bits per heavy atom. The van der Waals surface area contributed by atoms with Crippen LogP contribution in [0.25, 0.3) is 5.65 Å². The second-order valence-corrected chi connectivity index (χ2v) is 4.55. The zero-order valence-corrected chi connectivity index (χ0v) is 11.9. The van der Waals surface area contributed by atoms with Crippen molar-refractivity contribution in [2.45, 2.75) is 12.8 Å². The summed E-state index contributed by atoms with van der Waals surface area (Å²) in [6.45, 7) is 0. The van der Waals surface area contributed by atoms with Crippen molar-refractivity contribution in [2.75, 3.05) is 12.4 Å². The number of carbonyl (C=O) groups is 1. The second kappa shape index (κ2) is 6.17. The number of rotatable bonds is 5. The average Bonchev–Trinajstić information content (AvgIpc) is 2.96. The highest BCUT2D eigenvalue weighted by Crippen LogP contribution is 2.10. The topological polar surface area (TPSA) is 94.3 Å². The quantitative estimate of drug-likeness (QED) is 0.758. The van der Waals surface area contributed by atoms with Crippen LogP contribution >= 0.6 is 0 Å². The average molecular weight is 298 g/mol. The molecule has 22 heavy (non-hydrogen) atoms. The largest absolute Gasteiger partial charge is 0.480 e. The molecular formula is C14H14N6O2. The van der Waals surface area contributed by atoms with Crippen molar-refractivity contribution < 1.29 is 9.53 Å². The molecule has 0 saturated carbocycles. The summed E-state index contributed by atoms with van der Waals surface area (Å²) in [5.74, 6) is 0.972. The van der Waals surface area contributed by atoms with E-state index < -0.39 is 0 Å². The Hall–Kier alpha value is -3.03. The molecule has 112 valence electrons. The standard InChI is InChI=1S/C14H14N6O2/c1-22-14-5-3-12-18-17-11(20(12)19-14)2-4-13(21)16-10-6-8-15-9-7-10/h3,5-9H,2,4H2,1H3,(H,15,16,21). The molecule has 0 saturated heterocycles. The van der Waals surface area contributed by atoms with E-state index in [0.717, 1.165) is 0 Å². The highest BCUT2D eigenvalue weighted by atomic mass is 16.5. The maximum Gasteiger partial charge on any atom is 0.231 e. The van der Waals surface area contributed by atoms with E-state index in [4.69, 9.17) is 4.74 Å². The molecule has 8 heteroatoms. The van der Waals surface area contributed by atoms with Gasteiger partial charge in [-0.15, -0.1) is 15.3 Å². The molecule has 3 aromatic rings. The number of nitrogens with one attached hydrogen (secondary N) is 1. The van der Waals surface area contributed by atoms with E-state index >= 15 is 0 Å². The van der Waals surface area contributed by atoms with E-state index in [1.165, 1.54) is 0 Å². The molecule has 0 bridgehead atoms. The Kier molecular flexibility index (Phi) is 3.90. The number of aryl methyl sites for hydroxylation is 1. The van der Waals surface area contributed by atoms with E-state index in [-0.39, 0.29) is 12.3 Å². The second-order valence-electron chi connectivity index (χ2n) is 4.55. The Bertz CT molecular complexity index is 786. The first-order valence-electron chi connectivity index (χ1n) is 6.71. The number of aromatic nitrogens is 5. The van der Waals surface area contributed by atoms with Crippen molar-refractivity contribution >= 4 is 17.2 Å². The van der Waals surface area contributed by atoms with Gasteiger partial charge in [0.25, 0.3) is 0 Å². The number of amides is 1. The smallest absolute Gasteiger partial charge is 0.231 e. The molecular weight excluding hydrogens is 284 g/mol. The predicted octanol–water partition coefficient (Wildman–Crippen LogP) is 1.10. The van der Waals surface area contributed by atoms with Crippen molar-refractivity contribution in [3.63, 3.8) is 0 Å². The van der Waals surface area contributed by atoms with Gasteiger partial charge in [0.1, 0.15) is 0 Å². The first kappa shape index (κ1) is 13.9. The molecule has 8 nitrogen and oxygen atoms in total. The maximum absolute atomic E-state index is 11.9. The first-order chi connectivity index (χ1) is 10.8. The highest BCUT2D eigenvalue weighted by Gasteiger charge is 2.10. The predicted molar refractivity (Wildman–Crippen MR) is 78.5 cm³/mol. The van der Waals surface area contributed by atoms with Crippen LogP contribution in [0.1, 0.15) is 12.2 Å². The summed E-state index contributed by atoms with van der Waals surface area (Å²) in [5, 5.41) is 15.1. The summed E-state index contributed by atoms with van der Waals surface area (Å²) in [4.78, 5) is 15.8. The monoisotopic (exact) mass is 298 g/mol. The SMILES string of the molecule is COc1ccc2nnc(CCC(=O)Nc3ccncc3)n2n1. The van der Waals surface area contributed by atoms with Crippen LogP contribution in [0.5, 0.6) is 5.88 Å². The lowest BCUT2D eigenvalue weighted by molar-refractivity contribution is -0.116. The third-order valence-corrected chi connectivity index (χ3v) is 3.05. The van der Waals surface area contributed by atoms with Gasteiger partial charge in [-0.3, -0.25) is 9.78 Å². The molecule has 0 aliphatic rings. The van der Waals surface area contributed by atoms with Gasteiger partial charge in [0, 0.05) is 37.0 Å². The fourth-order valence-corrected chi connectivity index (χ4v) is 1.97. The molecule has 0 aliphatic heterocycles. The van der Waals surface area contributed by atoms with Crippen molar-refractivity contribution in [2.24, 2.45) is 0 Å². The third-order valence-electron chi connectivity index (χ3n) is 3.05. The van der Waals surface area contributed by atoms with Crippen molar-refractivity contribution in [1.82, 2.24) is 24.8 Å². The van der Waals surface area contributed by atoms with Gasteiger partial charge in [-0.2, -0.15) is 4.52 Å². The Balaban J connectivity index is 1.67. The number of carbonyl (C=O) groups excluding carboxylic acids is 1. The van der Waals surface area contributed by atoms with E-state index in [9.17, 15) is 4.79 Å². The minimum atomic E-state index is -0.106. The Morgan fingerprint density at radius 2 is 2.05 bits per heavy atom. The van der Waals surface area contributed by atoms with E-state index in [2.05, 4.69) is 25.6 Å². The molecule has 0 unspecified atom stereocenters. The summed E-state index contributed by atoms with van der Waals surface area (Å²) >= 11 is 0. The van der Waals surface area contributed by atoms with E-state index in [0.29, 0.717) is 29.5 Å². The molecule has 0 fully saturated rings. The highest BCUT2D eigenvalue weighted by molar-refractivity contribution is 5.90. The summed E-state index contributed by atoms with van der Waals surface area (Å²) < 4.78 is 6.66. The number of hydrogen-bond acceptors (Lipinski definition) is 6. The lowest BCUT2D eigenvalue weighted by atomic mass is 10.2. The van der Waals surface area contributed by atoms with Gasteiger partial charge < -0.3 is 10.1 Å². The van der Waals surface area contributed by atoms with Gasteiger partial charge in [0.05, 0.1) is 7.11 Å². The maximum atomic E-state index is 11.9. The Labute approximate surface area is 126 Å². The molecule has 3 heterocycles. The van der Waals surface area contributed by atoms with Crippen LogP contribution in [-0.2, 0) is 11.2 Å². The van der Waals surface area contributed by atoms with Gasteiger partial charge in [0.15, 0.2) is 11.5 Å². The zero-order chi connectivity index (χ0) is 15.4. The van der Waals surface area contributed by atoms with Crippen molar-refractivity contribution in [3.8, 4) is 5.88 Å². The number of methoxy groups -OCH3 is 1. The fraction of sp³-hybridized carbons (Fsp3) is 0.214. The van der Waals surface area contributed by atoms with Crippen LogP contribution in [0.2, 0.25) is 0 Å². The van der Waals surface area contributed by atoms with Gasteiger partial charge in [0.2, 0.25) is 11.8 Å². The van der Waals surface area contributed by atoms with Gasteiger partial charge in [-0.1, -0.05) is 0 Å². The number of hydrogen-bond donors (Lipinski definition) is 1. The summed E-state index contributed by atoms with van der Waals surface area (Å²) in [6.07, 6.45) is 3.95. The molecule has 3 rings (SSSR count). The number of nitrogens with zero attached hydrogens (tertiary/aromatic N) is 5. The van der Waals surface area contributed by atoms with Crippen LogP contribution in [0.4, 0.5) is 5.69 Å². The summed E-state index contributed by atoms with van der Waals surface area (Å²) in [7, 11) is 1.54. The van der Waals surface area contributed by atoms with Crippen molar-refractivity contribution in [3.05, 3.63) is 42.5 Å². The van der Waals surface area contributed by atoms with Crippen LogP contribution in [0, 0.1) is 0 Å². The van der Waals surface area contributed by atoms with Gasteiger partial charge >= 0.3 is 0 Å². The van der Waals surface area contributed by atoms with Crippen LogP contribution in [0.15, 0.2) is 36.7 Å². The molecule has 0 atom stereocenters. The molecule has 0 aliphatic carbocycles. The molecule has 3 aromatic heterocycles. The normalized spacial score (nSPS) is 10.6. The molecule has 0 radical (unpaired) electrons. The van der Waals surface area contributed by atoms with Crippen molar-refractivity contribution in [1.29, 1.82) is 0 Å². The zero-order valence-electron chi connectivity index (χ0n) is 11.9. The van der Waals surface area contributed by atoms with E-state index in [1.54, 1.807) is 48.3 Å². The Morgan fingerprint density at radius 1 is 1.23 bits per heavy atom. The first-order valence-corrected chi connectivity index (χ1v) is 6.71. The van der Waals surface area contributed by atoms with Crippen LogP contribution < -0.4 is 10.1 Å². The van der Waals surface area contributed by atoms with E-state index in [1.807, 2.05) is 0 Å².